The number of benzene rings is 2. The minimum atomic E-state index is -3.85. The number of anilines is 1. The molecule has 0 fully saturated rings. The molecule has 0 spiro atoms. The minimum Gasteiger partial charge on any atom is -0.484 e. The van der Waals surface area contributed by atoms with Crippen molar-refractivity contribution in [3.8, 4) is 17.1 Å². The second-order valence-electron chi connectivity index (χ2n) is 6.94. The standard InChI is InChI=1S/C23H18FN5O5S/c24-17-3-1-4-18(13-17)33-15-22(30)28-27-14-19-7-10-21(34-19)16-5-8-20(9-6-16)35(31,32)29-23-25-11-2-12-26-23/h1-14H,15H2,(H,28,30)(H,25,26,29)/b27-14+. The monoisotopic (exact) mass is 495 g/mol. The molecule has 10 nitrogen and oxygen atoms in total. The minimum absolute atomic E-state index is 0.0286. The molecule has 178 valence electrons. The smallest absolute Gasteiger partial charge is 0.277 e. The fraction of sp³-hybridized carbons (Fsp3) is 0.0435. The maximum absolute atomic E-state index is 13.1. The van der Waals surface area contributed by atoms with Gasteiger partial charge in [-0.3, -0.25) is 4.79 Å². The van der Waals surface area contributed by atoms with Gasteiger partial charge < -0.3 is 9.15 Å². The van der Waals surface area contributed by atoms with Crippen molar-refractivity contribution in [3.63, 3.8) is 0 Å². The van der Waals surface area contributed by atoms with Gasteiger partial charge in [0, 0.05) is 24.0 Å². The van der Waals surface area contributed by atoms with Crippen molar-refractivity contribution in [1.29, 1.82) is 0 Å². The third-order valence-electron chi connectivity index (χ3n) is 4.41. The van der Waals surface area contributed by atoms with Gasteiger partial charge in [0.25, 0.3) is 15.9 Å². The number of nitrogens with one attached hydrogen (secondary N) is 2. The summed E-state index contributed by atoms with van der Waals surface area (Å²) < 4.78 is 51.2. The summed E-state index contributed by atoms with van der Waals surface area (Å²) in [5.41, 5.74) is 2.91. The highest BCUT2D eigenvalue weighted by molar-refractivity contribution is 7.92. The van der Waals surface area contributed by atoms with Gasteiger partial charge >= 0.3 is 0 Å². The molecule has 0 bridgehead atoms. The summed E-state index contributed by atoms with van der Waals surface area (Å²) >= 11 is 0. The molecule has 2 heterocycles. The zero-order valence-electron chi connectivity index (χ0n) is 18.0. The third kappa shape index (κ3) is 6.48. The fourth-order valence-electron chi connectivity index (χ4n) is 2.81. The summed E-state index contributed by atoms with van der Waals surface area (Å²) in [5.74, 6) is 0.0104. The molecule has 1 amide bonds. The van der Waals surface area contributed by atoms with Crippen LogP contribution in [-0.4, -0.2) is 37.1 Å². The predicted molar refractivity (Wildman–Crippen MR) is 125 cm³/mol. The number of hydrazone groups is 1. The maximum Gasteiger partial charge on any atom is 0.277 e. The Morgan fingerprint density at radius 2 is 1.83 bits per heavy atom. The second kappa shape index (κ2) is 10.6. The average molecular weight is 495 g/mol. The average Bonchev–Trinajstić information content (AvgIpc) is 3.32. The van der Waals surface area contributed by atoms with E-state index in [0.717, 1.165) is 6.07 Å². The molecular formula is C23H18FN5O5S. The van der Waals surface area contributed by atoms with Gasteiger partial charge in [-0.05, 0) is 54.6 Å². The van der Waals surface area contributed by atoms with E-state index < -0.39 is 21.7 Å². The molecule has 0 unspecified atom stereocenters. The Bertz CT molecular complexity index is 1440. The van der Waals surface area contributed by atoms with Gasteiger partial charge in [-0.25, -0.2) is 32.9 Å². The second-order valence-corrected chi connectivity index (χ2v) is 8.63. The zero-order chi connectivity index (χ0) is 24.7. The van der Waals surface area contributed by atoms with Crippen molar-refractivity contribution in [3.05, 3.63) is 90.7 Å². The van der Waals surface area contributed by atoms with Crippen molar-refractivity contribution in [2.75, 3.05) is 11.3 Å². The molecule has 0 saturated heterocycles. The van der Waals surface area contributed by atoms with E-state index in [1.54, 1.807) is 30.3 Å². The Hall–Kier alpha value is -4.58. The van der Waals surface area contributed by atoms with Gasteiger partial charge in [0.15, 0.2) is 6.61 Å². The van der Waals surface area contributed by atoms with Crippen LogP contribution in [0.5, 0.6) is 5.75 Å². The van der Waals surface area contributed by atoms with Crippen molar-refractivity contribution in [2.24, 2.45) is 5.10 Å². The normalized spacial score (nSPS) is 11.3. The van der Waals surface area contributed by atoms with Crippen LogP contribution in [0.2, 0.25) is 0 Å². The quantitative estimate of drug-likeness (QED) is 0.269. The predicted octanol–water partition coefficient (Wildman–Crippen LogP) is 3.21. The number of furan rings is 1. The zero-order valence-corrected chi connectivity index (χ0v) is 18.8. The van der Waals surface area contributed by atoms with Crippen LogP contribution in [0, 0.1) is 5.82 Å². The van der Waals surface area contributed by atoms with Crippen molar-refractivity contribution < 1.29 is 26.8 Å². The number of amides is 1. The maximum atomic E-state index is 13.1. The van der Waals surface area contributed by atoms with E-state index in [-0.39, 0.29) is 23.2 Å². The fourth-order valence-corrected chi connectivity index (χ4v) is 3.77. The van der Waals surface area contributed by atoms with E-state index in [9.17, 15) is 17.6 Å². The molecule has 0 aliphatic rings. The van der Waals surface area contributed by atoms with Crippen LogP contribution in [0.15, 0.2) is 93.5 Å². The van der Waals surface area contributed by atoms with Crippen molar-refractivity contribution >= 4 is 28.1 Å². The van der Waals surface area contributed by atoms with Crippen LogP contribution < -0.4 is 14.9 Å². The van der Waals surface area contributed by atoms with Crippen LogP contribution in [0.1, 0.15) is 5.76 Å². The van der Waals surface area contributed by atoms with E-state index in [4.69, 9.17) is 9.15 Å². The highest BCUT2D eigenvalue weighted by atomic mass is 32.2. The van der Waals surface area contributed by atoms with E-state index in [0.29, 0.717) is 17.1 Å². The summed E-state index contributed by atoms with van der Waals surface area (Å²) in [4.78, 5) is 19.5. The van der Waals surface area contributed by atoms with Crippen LogP contribution >= 0.6 is 0 Å². The molecule has 2 aromatic carbocycles. The lowest BCUT2D eigenvalue weighted by atomic mass is 10.2. The Kier molecular flexibility index (Phi) is 7.12. The molecule has 0 aliphatic heterocycles. The lowest BCUT2D eigenvalue weighted by molar-refractivity contribution is -0.123. The topological polar surface area (TPSA) is 136 Å². The molecule has 0 aliphatic carbocycles. The summed E-state index contributed by atoms with van der Waals surface area (Å²) in [5, 5.41) is 3.79. The van der Waals surface area contributed by atoms with Crippen molar-refractivity contribution in [2.45, 2.75) is 4.90 Å². The SMILES string of the molecule is O=C(COc1cccc(F)c1)N/N=C/c1ccc(-c2ccc(S(=O)(=O)Nc3ncccn3)cc2)o1. The molecular weight excluding hydrogens is 477 g/mol. The Balaban J connectivity index is 1.32. The van der Waals surface area contributed by atoms with Gasteiger partial charge in [-0.15, -0.1) is 0 Å². The molecule has 2 N–H and O–H groups in total. The molecule has 4 rings (SSSR count). The van der Waals surface area contributed by atoms with Gasteiger partial charge in [0.05, 0.1) is 11.1 Å². The van der Waals surface area contributed by atoms with Crippen LogP contribution in [0.3, 0.4) is 0 Å². The number of hydrogen-bond donors (Lipinski definition) is 2. The highest BCUT2D eigenvalue weighted by Gasteiger charge is 2.16. The summed E-state index contributed by atoms with van der Waals surface area (Å²) in [7, 11) is -3.85. The van der Waals surface area contributed by atoms with Crippen molar-refractivity contribution in [1.82, 2.24) is 15.4 Å². The van der Waals surface area contributed by atoms with Gasteiger partial charge in [0.1, 0.15) is 23.1 Å². The number of hydrogen-bond acceptors (Lipinski definition) is 8. The Morgan fingerprint density at radius 1 is 1.06 bits per heavy atom. The number of carbonyl (C=O) groups excluding carboxylic acids is 1. The first-order valence-electron chi connectivity index (χ1n) is 10.1. The van der Waals surface area contributed by atoms with Gasteiger partial charge in [-0.2, -0.15) is 5.10 Å². The number of carbonyl (C=O) groups is 1. The number of rotatable bonds is 9. The molecule has 4 aromatic rings. The number of sulfonamides is 1. The Morgan fingerprint density at radius 3 is 2.57 bits per heavy atom. The third-order valence-corrected chi connectivity index (χ3v) is 5.76. The van der Waals surface area contributed by atoms with Crippen LogP contribution in [0.25, 0.3) is 11.3 Å². The van der Waals surface area contributed by atoms with E-state index in [2.05, 4.69) is 25.2 Å². The number of aromatic nitrogens is 2. The number of ether oxygens (including phenoxy) is 1. The number of nitrogens with zero attached hydrogens (tertiary/aromatic N) is 3. The molecule has 35 heavy (non-hydrogen) atoms. The van der Waals surface area contributed by atoms with Gasteiger partial charge in [0.2, 0.25) is 5.95 Å². The lowest BCUT2D eigenvalue weighted by Gasteiger charge is -2.06. The largest absolute Gasteiger partial charge is 0.484 e. The van der Waals surface area contributed by atoms with E-state index >= 15 is 0 Å². The molecule has 0 atom stereocenters. The first-order chi connectivity index (χ1) is 16.9. The van der Waals surface area contributed by atoms with Crippen LogP contribution in [-0.2, 0) is 14.8 Å². The summed E-state index contributed by atoms with van der Waals surface area (Å²) in [6.07, 6.45) is 4.15. The van der Waals surface area contributed by atoms with Crippen LogP contribution in [0.4, 0.5) is 10.3 Å². The number of halogens is 1. The highest BCUT2D eigenvalue weighted by Crippen LogP contribution is 2.24. The van der Waals surface area contributed by atoms with E-state index in [1.807, 2.05) is 0 Å². The van der Waals surface area contributed by atoms with Gasteiger partial charge in [-0.1, -0.05) is 6.07 Å². The first-order valence-corrected chi connectivity index (χ1v) is 11.6. The van der Waals surface area contributed by atoms with E-state index in [1.165, 1.54) is 48.9 Å². The lowest BCUT2D eigenvalue weighted by Crippen LogP contribution is -2.24. The molecule has 0 radical (unpaired) electrons. The Labute approximate surface area is 199 Å². The summed E-state index contributed by atoms with van der Waals surface area (Å²) in [6.45, 7) is -0.343. The molecule has 2 aromatic heterocycles. The molecule has 0 saturated carbocycles. The first kappa shape index (κ1) is 23.6. The molecule has 12 heteroatoms. The summed E-state index contributed by atoms with van der Waals surface area (Å²) in [6, 6.07) is 16.3.